The normalized spacial score (nSPS) is 10.4. The second-order valence-electron chi connectivity index (χ2n) is 4.05. The van der Waals surface area contributed by atoms with Crippen LogP contribution in [0.2, 0.25) is 0 Å². The minimum atomic E-state index is -0.580. The lowest BCUT2D eigenvalue weighted by Gasteiger charge is -2.20. The summed E-state index contributed by atoms with van der Waals surface area (Å²) in [5.41, 5.74) is 10.7. The molecule has 0 aliphatic rings. The zero-order valence-corrected chi connectivity index (χ0v) is 10.6. The molecule has 0 saturated heterocycles. The average Bonchev–Trinajstić information content (AvgIpc) is 2.30. The lowest BCUT2D eigenvalue weighted by atomic mass is 10.1. The molecule has 0 aliphatic carbocycles. The summed E-state index contributed by atoms with van der Waals surface area (Å²) < 4.78 is 4.98. The Morgan fingerprint density at radius 1 is 1.26 bits per heavy atom. The van der Waals surface area contributed by atoms with E-state index in [-0.39, 0.29) is 25.4 Å². The van der Waals surface area contributed by atoms with Crippen LogP contribution in [0.15, 0.2) is 18.2 Å². The molecule has 7 nitrogen and oxygen atoms in total. The van der Waals surface area contributed by atoms with Gasteiger partial charge >= 0.3 is 0 Å². The number of phenols is 1. The number of hydrogen-bond acceptors (Lipinski definition) is 5. The van der Waals surface area contributed by atoms with Gasteiger partial charge in [0.15, 0.2) is 11.5 Å². The van der Waals surface area contributed by atoms with E-state index in [0.717, 1.165) is 0 Å². The summed E-state index contributed by atoms with van der Waals surface area (Å²) >= 11 is 0. The van der Waals surface area contributed by atoms with Gasteiger partial charge < -0.3 is 21.3 Å². The van der Waals surface area contributed by atoms with Crippen molar-refractivity contribution in [2.24, 2.45) is 11.5 Å². The van der Waals surface area contributed by atoms with Gasteiger partial charge in [-0.1, -0.05) is 12.1 Å². The molecule has 0 fully saturated rings. The van der Waals surface area contributed by atoms with Crippen molar-refractivity contribution < 1.29 is 19.4 Å². The van der Waals surface area contributed by atoms with E-state index < -0.39 is 11.8 Å². The standard InChI is InChI=1S/C12H17N3O4/c1-19-9-4-2-3-8(12(9)18)5-15(6-10(13)16)7-11(14)17/h2-4,18H,5-7H2,1H3,(H2,13,16)(H2,14,17). The summed E-state index contributed by atoms with van der Waals surface area (Å²) in [6, 6.07) is 4.96. The van der Waals surface area contributed by atoms with Gasteiger partial charge in [-0.2, -0.15) is 0 Å². The number of aromatic hydroxyl groups is 1. The monoisotopic (exact) mass is 267 g/mol. The van der Waals surface area contributed by atoms with Crippen molar-refractivity contribution in [3.05, 3.63) is 23.8 Å². The SMILES string of the molecule is COc1cccc(CN(CC(N)=O)CC(N)=O)c1O. The molecule has 1 rings (SSSR count). The van der Waals surface area contributed by atoms with Crippen LogP contribution in [0.4, 0.5) is 0 Å². The van der Waals surface area contributed by atoms with Crippen LogP contribution >= 0.6 is 0 Å². The molecule has 0 saturated carbocycles. The van der Waals surface area contributed by atoms with E-state index in [4.69, 9.17) is 16.2 Å². The Hall–Kier alpha value is -2.28. The molecule has 2 amide bonds. The molecule has 1 aromatic rings. The first-order valence-corrected chi connectivity index (χ1v) is 5.57. The number of methoxy groups -OCH3 is 1. The van der Waals surface area contributed by atoms with Gasteiger partial charge in [0.25, 0.3) is 0 Å². The highest BCUT2D eigenvalue weighted by Gasteiger charge is 2.15. The lowest BCUT2D eigenvalue weighted by molar-refractivity contribution is -0.122. The first-order valence-electron chi connectivity index (χ1n) is 5.57. The molecule has 0 aromatic heterocycles. The fourth-order valence-corrected chi connectivity index (χ4v) is 1.71. The molecule has 19 heavy (non-hydrogen) atoms. The molecular formula is C12H17N3O4. The number of carbonyl (C=O) groups is 2. The van der Waals surface area contributed by atoms with Crippen molar-refractivity contribution in [2.75, 3.05) is 20.2 Å². The Morgan fingerprint density at radius 3 is 2.32 bits per heavy atom. The number of rotatable bonds is 7. The molecule has 0 atom stereocenters. The molecular weight excluding hydrogens is 250 g/mol. The number of nitrogens with zero attached hydrogens (tertiary/aromatic N) is 1. The highest BCUT2D eigenvalue weighted by atomic mass is 16.5. The van der Waals surface area contributed by atoms with Crippen LogP contribution in [0.25, 0.3) is 0 Å². The maximum atomic E-state index is 10.9. The summed E-state index contributed by atoms with van der Waals surface area (Å²) in [6.45, 7) is -0.0892. The Labute approximate surface area is 110 Å². The van der Waals surface area contributed by atoms with E-state index in [0.29, 0.717) is 11.3 Å². The fraction of sp³-hybridized carbons (Fsp3) is 0.333. The molecule has 0 bridgehead atoms. The third-order valence-electron chi connectivity index (χ3n) is 2.46. The van der Waals surface area contributed by atoms with Gasteiger partial charge in [-0.05, 0) is 6.07 Å². The van der Waals surface area contributed by atoms with Gasteiger partial charge in [-0.15, -0.1) is 0 Å². The van der Waals surface area contributed by atoms with Crippen LogP contribution in [0, 0.1) is 0 Å². The number of ether oxygens (including phenoxy) is 1. The number of amides is 2. The fourth-order valence-electron chi connectivity index (χ4n) is 1.71. The van der Waals surface area contributed by atoms with Crippen molar-refractivity contribution >= 4 is 11.8 Å². The van der Waals surface area contributed by atoms with E-state index >= 15 is 0 Å². The number of benzene rings is 1. The number of para-hydroxylation sites is 1. The number of nitrogens with two attached hydrogens (primary N) is 2. The largest absolute Gasteiger partial charge is 0.504 e. The first-order chi connectivity index (χ1) is 8.93. The van der Waals surface area contributed by atoms with E-state index in [1.807, 2.05) is 0 Å². The number of hydrogen-bond donors (Lipinski definition) is 3. The van der Waals surface area contributed by atoms with Crippen molar-refractivity contribution in [1.82, 2.24) is 4.90 Å². The van der Waals surface area contributed by atoms with Crippen LogP contribution in [-0.2, 0) is 16.1 Å². The first kappa shape index (κ1) is 14.8. The Bertz CT molecular complexity index is 460. The molecule has 0 heterocycles. The highest BCUT2D eigenvalue weighted by Crippen LogP contribution is 2.30. The predicted molar refractivity (Wildman–Crippen MR) is 68.3 cm³/mol. The van der Waals surface area contributed by atoms with Crippen molar-refractivity contribution in [1.29, 1.82) is 0 Å². The van der Waals surface area contributed by atoms with Crippen LogP contribution < -0.4 is 16.2 Å². The van der Waals surface area contributed by atoms with Crippen LogP contribution in [0.5, 0.6) is 11.5 Å². The third-order valence-corrected chi connectivity index (χ3v) is 2.46. The summed E-state index contributed by atoms with van der Waals surface area (Å²) in [6.07, 6.45) is 0. The van der Waals surface area contributed by atoms with E-state index in [2.05, 4.69) is 0 Å². The van der Waals surface area contributed by atoms with Gasteiger partial charge in [-0.25, -0.2) is 0 Å². The van der Waals surface area contributed by atoms with Crippen molar-refractivity contribution in [3.8, 4) is 11.5 Å². The zero-order chi connectivity index (χ0) is 14.4. The molecule has 0 aliphatic heterocycles. The number of phenolic OH excluding ortho intramolecular Hbond substituents is 1. The second kappa shape index (κ2) is 6.60. The van der Waals surface area contributed by atoms with Gasteiger partial charge in [0, 0.05) is 12.1 Å². The van der Waals surface area contributed by atoms with Gasteiger partial charge in [-0.3, -0.25) is 14.5 Å². The second-order valence-corrected chi connectivity index (χ2v) is 4.05. The molecule has 5 N–H and O–H groups in total. The maximum absolute atomic E-state index is 10.9. The van der Waals surface area contributed by atoms with Crippen molar-refractivity contribution in [3.63, 3.8) is 0 Å². The van der Waals surface area contributed by atoms with E-state index in [1.54, 1.807) is 18.2 Å². The zero-order valence-electron chi connectivity index (χ0n) is 10.6. The van der Waals surface area contributed by atoms with Gasteiger partial charge in [0.1, 0.15) is 0 Å². The topological polar surface area (TPSA) is 119 Å². The Kier molecular flexibility index (Phi) is 5.13. The highest BCUT2D eigenvalue weighted by molar-refractivity contribution is 5.79. The third kappa shape index (κ3) is 4.47. The summed E-state index contributed by atoms with van der Waals surface area (Å²) in [5.74, 6) is -0.883. The van der Waals surface area contributed by atoms with Crippen LogP contribution in [-0.4, -0.2) is 42.0 Å². The summed E-state index contributed by atoms with van der Waals surface area (Å²) in [5, 5.41) is 9.92. The maximum Gasteiger partial charge on any atom is 0.231 e. The molecule has 0 spiro atoms. The molecule has 104 valence electrons. The van der Waals surface area contributed by atoms with Crippen molar-refractivity contribution in [2.45, 2.75) is 6.54 Å². The minimum Gasteiger partial charge on any atom is -0.504 e. The summed E-state index contributed by atoms with van der Waals surface area (Å²) in [7, 11) is 1.43. The predicted octanol–water partition coefficient (Wildman–Crippen LogP) is -0.827. The average molecular weight is 267 g/mol. The Balaban J connectivity index is 2.89. The van der Waals surface area contributed by atoms with Gasteiger partial charge in [0.2, 0.25) is 11.8 Å². The van der Waals surface area contributed by atoms with Crippen LogP contribution in [0.1, 0.15) is 5.56 Å². The van der Waals surface area contributed by atoms with Gasteiger partial charge in [0.05, 0.1) is 20.2 Å². The number of carbonyl (C=O) groups excluding carboxylic acids is 2. The number of primary amides is 2. The van der Waals surface area contributed by atoms with Crippen LogP contribution in [0.3, 0.4) is 0 Å². The molecule has 7 heteroatoms. The molecule has 0 unspecified atom stereocenters. The quantitative estimate of drug-likeness (QED) is 0.596. The summed E-state index contributed by atoms with van der Waals surface area (Å²) in [4.78, 5) is 23.3. The smallest absolute Gasteiger partial charge is 0.231 e. The minimum absolute atomic E-state index is 0.0380. The lowest BCUT2D eigenvalue weighted by Crippen LogP contribution is -2.39. The molecule has 1 aromatic carbocycles. The van der Waals surface area contributed by atoms with E-state index in [1.165, 1.54) is 12.0 Å². The molecule has 0 radical (unpaired) electrons. The van der Waals surface area contributed by atoms with E-state index in [9.17, 15) is 14.7 Å². The Morgan fingerprint density at radius 2 is 1.84 bits per heavy atom.